The lowest BCUT2D eigenvalue weighted by molar-refractivity contribution is -0.141. The van der Waals surface area contributed by atoms with Gasteiger partial charge in [0.15, 0.2) is 11.4 Å². The quantitative estimate of drug-likeness (QED) is 0.660. The molecule has 3 atom stereocenters. The zero-order chi connectivity index (χ0) is 22.5. The minimum Gasteiger partial charge on any atom is -0.364 e. The predicted octanol–water partition coefficient (Wildman–Crippen LogP) is 2.64. The molecule has 2 saturated heterocycles. The molecule has 2 aliphatic heterocycles. The number of aryl methyl sites for hydroxylation is 1. The van der Waals surface area contributed by atoms with Gasteiger partial charge >= 0.3 is 6.18 Å². The van der Waals surface area contributed by atoms with Crippen LogP contribution in [-0.4, -0.2) is 58.9 Å². The van der Waals surface area contributed by atoms with Gasteiger partial charge in [-0.15, -0.1) is 4.80 Å². The monoisotopic (exact) mass is 444 g/mol. The molecule has 1 N–H and O–H groups in total. The van der Waals surface area contributed by atoms with Crippen LogP contribution in [0.25, 0.3) is 5.69 Å². The van der Waals surface area contributed by atoms with Gasteiger partial charge < -0.3 is 10.2 Å². The average Bonchev–Trinajstić information content (AvgIpc) is 3.49. The SMILES string of the molecule is Cc1ccnc(C(=O)N2[C@@H]3CC[C@H]2[C@H](Nc2cnc(C(F)(F)F)cn2)C3)c1-n1nccn1. The fourth-order valence-electron chi connectivity index (χ4n) is 4.61. The second kappa shape index (κ2) is 7.53. The normalized spacial score (nSPS) is 22.4. The zero-order valence-corrected chi connectivity index (χ0v) is 17.0. The van der Waals surface area contributed by atoms with E-state index in [0.717, 1.165) is 24.6 Å². The Kier molecular flexibility index (Phi) is 4.79. The maximum Gasteiger partial charge on any atom is 0.434 e. The standard InChI is InChI=1S/C20H19F3N8O/c1-11-4-5-24-17(18(11)31-27-6-7-28-31)19(32)30-12-2-3-14(30)13(8-12)29-16-10-25-15(9-26-16)20(21,22)23/h4-7,9-10,12-14H,2-3,8H2,1H3,(H,26,29)/t12-,13-,14+/m1/s1. The molecule has 0 spiro atoms. The Morgan fingerprint density at radius 2 is 1.88 bits per heavy atom. The number of anilines is 1. The van der Waals surface area contributed by atoms with E-state index in [9.17, 15) is 18.0 Å². The molecule has 0 aromatic carbocycles. The maximum absolute atomic E-state index is 13.5. The number of carbonyl (C=O) groups is 1. The summed E-state index contributed by atoms with van der Waals surface area (Å²) in [5.74, 6) is 0.0364. The summed E-state index contributed by atoms with van der Waals surface area (Å²) in [6.07, 6.45) is 4.20. The molecule has 2 bridgehead atoms. The predicted molar refractivity (Wildman–Crippen MR) is 106 cm³/mol. The average molecular weight is 444 g/mol. The molecule has 5 rings (SSSR count). The van der Waals surface area contributed by atoms with Crippen LogP contribution in [0.5, 0.6) is 0 Å². The van der Waals surface area contributed by atoms with Gasteiger partial charge in [-0.05, 0) is 37.8 Å². The Morgan fingerprint density at radius 3 is 2.56 bits per heavy atom. The minimum absolute atomic E-state index is 0.00755. The molecule has 2 fully saturated rings. The van der Waals surface area contributed by atoms with E-state index in [2.05, 4.69) is 30.5 Å². The van der Waals surface area contributed by atoms with E-state index in [1.807, 2.05) is 11.8 Å². The van der Waals surface area contributed by atoms with E-state index in [-0.39, 0.29) is 35.5 Å². The lowest BCUT2D eigenvalue weighted by Gasteiger charge is -2.25. The zero-order valence-electron chi connectivity index (χ0n) is 17.0. The fraction of sp³-hybridized carbons (Fsp3) is 0.400. The van der Waals surface area contributed by atoms with E-state index < -0.39 is 11.9 Å². The molecule has 0 saturated carbocycles. The van der Waals surface area contributed by atoms with Gasteiger partial charge in [0.25, 0.3) is 5.91 Å². The van der Waals surface area contributed by atoms with E-state index in [4.69, 9.17) is 0 Å². The van der Waals surface area contributed by atoms with Crippen molar-refractivity contribution in [2.75, 3.05) is 5.32 Å². The molecular formula is C20H19F3N8O. The molecule has 9 nitrogen and oxygen atoms in total. The Labute approximate surface area is 180 Å². The van der Waals surface area contributed by atoms with Gasteiger partial charge in [0.1, 0.15) is 11.5 Å². The summed E-state index contributed by atoms with van der Waals surface area (Å²) in [6.45, 7) is 1.86. The van der Waals surface area contributed by atoms with Gasteiger partial charge in [-0.2, -0.15) is 23.4 Å². The highest BCUT2D eigenvalue weighted by atomic mass is 19.4. The summed E-state index contributed by atoms with van der Waals surface area (Å²) in [5, 5.41) is 11.5. The van der Waals surface area contributed by atoms with Crippen LogP contribution < -0.4 is 5.32 Å². The highest BCUT2D eigenvalue weighted by molar-refractivity contribution is 5.97. The third-order valence-corrected chi connectivity index (χ3v) is 5.99. The van der Waals surface area contributed by atoms with Crippen LogP contribution in [0.3, 0.4) is 0 Å². The molecule has 0 unspecified atom stereocenters. The number of nitrogens with one attached hydrogen (secondary N) is 1. The maximum atomic E-state index is 13.5. The van der Waals surface area contributed by atoms with Crippen molar-refractivity contribution in [3.8, 4) is 5.69 Å². The molecule has 32 heavy (non-hydrogen) atoms. The van der Waals surface area contributed by atoms with Gasteiger partial charge in [-0.1, -0.05) is 0 Å². The summed E-state index contributed by atoms with van der Waals surface area (Å²) in [6, 6.07) is 1.53. The van der Waals surface area contributed by atoms with Crippen LogP contribution in [0.15, 0.2) is 37.1 Å². The first kappa shape index (κ1) is 20.3. The summed E-state index contributed by atoms with van der Waals surface area (Å²) >= 11 is 0. The summed E-state index contributed by atoms with van der Waals surface area (Å²) in [7, 11) is 0. The summed E-state index contributed by atoms with van der Waals surface area (Å²) in [4.78, 5) is 28.4. The van der Waals surface area contributed by atoms with E-state index in [1.54, 1.807) is 12.3 Å². The van der Waals surface area contributed by atoms with Crippen molar-refractivity contribution in [3.63, 3.8) is 0 Å². The summed E-state index contributed by atoms with van der Waals surface area (Å²) < 4.78 is 38.2. The smallest absolute Gasteiger partial charge is 0.364 e. The van der Waals surface area contributed by atoms with Crippen LogP contribution in [0.1, 0.15) is 41.0 Å². The Morgan fingerprint density at radius 1 is 1.09 bits per heavy atom. The number of aromatic nitrogens is 6. The Bertz CT molecular complexity index is 1130. The second-order valence-electron chi connectivity index (χ2n) is 7.93. The lowest BCUT2D eigenvalue weighted by atomic mass is 9.95. The van der Waals surface area contributed by atoms with Crippen LogP contribution >= 0.6 is 0 Å². The molecular weight excluding hydrogens is 425 g/mol. The van der Waals surface area contributed by atoms with E-state index >= 15 is 0 Å². The number of hydrogen-bond acceptors (Lipinski definition) is 7. The number of amides is 1. The second-order valence-corrected chi connectivity index (χ2v) is 7.93. The van der Waals surface area contributed by atoms with Crippen LogP contribution in [0, 0.1) is 6.92 Å². The number of carbonyl (C=O) groups excluding carboxylic acids is 1. The third kappa shape index (κ3) is 3.45. The molecule has 166 valence electrons. The Balaban J connectivity index is 1.38. The number of nitrogens with zero attached hydrogens (tertiary/aromatic N) is 7. The van der Waals surface area contributed by atoms with Gasteiger partial charge in [0.05, 0.1) is 36.9 Å². The first-order valence-electron chi connectivity index (χ1n) is 10.1. The molecule has 0 aliphatic carbocycles. The highest BCUT2D eigenvalue weighted by Crippen LogP contribution is 2.40. The van der Waals surface area contributed by atoms with Gasteiger partial charge in [-0.25, -0.2) is 15.0 Å². The molecule has 2 aliphatic rings. The van der Waals surface area contributed by atoms with Gasteiger partial charge in [0, 0.05) is 12.2 Å². The largest absolute Gasteiger partial charge is 0.434 e. The molecule has 3 aromatic heterocycles. The number of rotatable bonds is 4. The van der Waals surface area contributed by atoms with Gasteiger partial charge in [-0.3, -0.25) is 4.79 Å². The van der Waals surface area contributed by atoms with Crippen molar-refractivity contribution in [2.24, 2.45) is 0 Å². The minimum atomic E-state index is -4.54. The number of halogens is 3. The third-order valence-electron chi connectivity index (χ3n) is 5.99. The van der Waals surface area contributed by atoms with E-state index in [1.165, 1.54) is 17.2 Å². The lowest BCUT2D eigenvalue weighted by Crippen LogP contribution is -2.40. The highest BCUT2D eigenvalue weighted by Gasteiger charge is 2.49. The first-order chi connectivity index (χ1) is 15.3. The Hall–Kier alpha value is -3.57. The number of pyridine rings is 1. The van der Waals surface area contributed by atoms with Crippen molar-refractivity contribution < 1.29 is 18.0 Å². The molecule has 5 heterocycles. The first-order valence-corrected chi connectivity index (χ1v) is 10.1. The molecule has 0 radical (unpaired) electrons. The van der Waals surface area contributed by atoms with Crippen LogP contribution in [-0.2, 0) is 6.18 Å². The number of fused-ring (bicyclic) bond motifs is 2. The van der Waals surface area contributed by atoms with Crippen molar-refractivity contribution in [1.82, 2.24) is 34.8 Å². The fourth-order valence-corrected chi connectivity index (χ4v) is 4.61. The van der Waals surface area contributed by atoms with Crippen molar-refractivity contribution in [1.29, 1.82) is 0 Å². The molecule has 1 amide bonds. The summed E-state index contributed by atoms with van der Waals surface area (Å²) in [5.41, 5.74) is 0.582. The number of hydrogen-bond donors (Lipinski definition) is 1. The van der Waals surface area contributed by atoms with E-state index in [0.29, 0.717) is 18.3 Å². The topological polar surface area (TPSA) is 102 Å². The van der Waals surface area contributed by atoms with Crippen LogP contribution in [0.4, 0.5) is 19.0 Å². The van der Waals surface area contributed by atoms with Crippen molar-refractivity contribution >= 4 is 11.7 Å². The van der Waals surface area contributed by atoms with Gasteiger partial charge in [0.2, 0.25) is 0 Å². The van der Waals surface area contributed by atoms with Crippen LogP contribution in [0.2, 0.25) is 0 Å². The molecule has 12 heteroatoms. The van der Waals surface area contributed by atoms with Crippen molar-refractivity contribution in [2.45, 2.75) is 50.5 Å². The van der Waals surface area contributed by atoms with Crippen molar-refractivity contribution in [3.05, 3.63) is 54.0 Å². The molecule has 3 aromatic rings. The number of alkyl halides is 3.